The van der Waals surface area contributed by atoms with Crippen molar-refractivity contribution in [3.63, 3.8) is 0 Å². The van der Waals surface area contributed by atoms with E-state index in [0.29, 0.717) is 0 Å². The number of hydrogen-bond donors (Lipinski definition) is 0. The first kappa shape index (κ1) is 9.93. The standard InChI is InChI=1S/C11H11.Zr/c1-9-5-4-8-11(9)10-6-2-3-7-10;/h2-3,5-6H,4,7H2,1H3;/q-1;. The second-order valence-electron chi connectivity index (χ2n) is 2.97. The molecule has 12 heavy (non-hydrogen) atoms. The maximum atomic E-state index is 3.36. The fourth-order valence-corrected chi connectivity index (χ4v) is 1.55. The van der Waals surface area contributed by atoms with Crippen molar-refractivity contribution < 1.29 is 26.2 Å². The van der Waals surface area contributed by atoms with Gasteiger partial charge >= 0.3 is 0 Å². The summed E-state index contributed by atoms with van der Waals surface area (Å²) in [5, 5.41) is 0. The van der Waals surface area contributed by atoms with Crippen LogP contribution in [0.3, 0.4) is 0 Å². The van der Waals surface area contributed by atoms with Crippen molar-refractivity contribution in [3.8, 4) is 0 Å². The second-order valence-corrected chi connectivity index (χ2v) is 2.97. The molecule has 0 nitrogen and oxygen atoms in total. The van der Waals surface area contributed by atoms with Crippen LogP contribution in [0, 0.1) is 6.08 Å². The van der Waals surface area contributed by atoms with Gasteiger partial charge in [0.15, 0.2) is 0 Å². The van der Waals surface area contributed by atoms with E-state index >= 15 is 0 Å². The molecule has 2 rings (SSSR count). The van der Waals surface area contributed by atoms with E-state index in [1.54, 1.807) is 0 Å². The zero-order chi connectivity index (χ0) is 7.68. The molecule has 0 heterocycles. The van der Waals surface area contributed by atoms with Crippen LogP contribution in [0.5, 0.6) is 0 Å². The average molecular weight is 234 g/mol. The molecule has 0 unspecified atom stereocenters. The van der Waals surface area contributed by atoms with Crippen LogP contribution < -0.4 is 0 Å². The molecule has 2 aliphatic rings. The zero-order valence-corrected chi connectivity index (χ0v) is 9.68. The number of hydrogen-bond acceptors (Lipinski definition) is 0. The van der Waals surface area contributed by atoms with E-state index in [1.165, 1.54) is 16.7 Å². The Balaban J connectivity index is 0.000000720. The van der Waals surface area contributed by atoms with Crippen LogP contribution in [-0.2, 0) is 26.2 Å². The molecule has 0 fully saturated rings. The molecule has 0 bridgehead atoms. The van der Waals surface area contributed by atoms with Gasteiger partial charge in [0.25, 0.3) is 0 Å². The average Bonchev–Trinajstić information content (AvgIpc) is 2.55. The van der Waals surface area contributed by atoms with Gasteiger partial charge in [0.1, 0.15) is 0 Å². The van der Waals surface area contributed by atoms with E-state index in [1.807, 2.05) is 0 Å². The largest absolute Gasteiger partial charge is 0.197 e. The molecule has 0 atom stereocenters. The third kappa shape index (κ3) is 1.77. The molecule has 0 aromatic carbocycles. The summed E-state index contributed by atoms with van der Waals surface area (Å²) in [6.07, 6.45) is 14.2. The summed E-state index contributed by atoms with van der Waals surface area (Å²) in [7, 11) is 0. The molecule has 60 valence electrons. The van der Waals surface area contributed by atoms with E-state index in [4.69, 9.17) is 0 Å². The van der Waals surface area contributed by atoms with Crippen LogP contribution in [0.15, 0.2) is 41.0 Å². The minimum atomic E-state index is 0. The van der Waals surface area contributed by atoms with E-state index in [9.17, 15) is 0 Å². The van der Waals surface area contributed by atoms with E-state index in [2.05, 4.69) is 37.3 Å². The van der Waals surface area contributed by atoms with Crippen molar-refractivity contribution in [2.24, 2.45) is 0 Å². The third-order valence-corrected chi connectivity index (χ3v) is 2.17. The summed E-state index contributed by atoms with van der Waals surface area (Å²) < 4.78 is 0. The van der Waals surface area contributed by atoms with Crippen molar-refractivity contribution in [2.75, 3.05) is 0 Å². The molecule has 0 aromatic heterocycles. The van der Waals surface area contributed by atoms with Gasteiger partial charge in [-0.3, -0.25) is 0 Å². The van der Waals surface area contributed by atoms with Crippen LogP contribution in [0.4, 0.5) is 0 Å². The first-order valence-electron chi connectivity index (χ1n) is 4.02. The monoisotopic (exact) mass is 233 g/mol. The quantitative estimate of drug-likeness (QED) is 0.612. The third-order valence-electron chi connectivity index (χ3n) is 2.17. The summed E-state index contributed by atoms with van der Waals surface area (Å²) in [5.74, 6) is 0. The second kappa shape index (κ2) is 4.19. The first-order chi connectivity index (χ1) is 5.38. The Morgan fingerprint density at radius 2 is 2.25 bits per heavy atom. The Morgan fingerprint density at radius 1 is 1.42 bits per heavy atom. The molecular formula is C11H11Zr-. The minimum Gasteiger partial charge on any atom is -0.197 e. The minimum absolute atomic E-state index is 0. The van der Waals surface area contributed by atoms with Crippen LogP contribution >= 0.6 is 0 Å². The molecule has 2 aliphatic carbocycles. The van der Waals surface area contributed by atoms with Gasteiger partial charge in [0, 0.05) is 26.2 Å². The molecule has 1 heteroatoms. The van der Waals surface area contributed by atoms with Crippen molar-refractivity contribution in [1.29, 1.82) is 0 Å². The smallest absolute Gasteiger partial charge is 0 e. The molecule has 0 radical (unpaired) electrons. The Morgan fingerprint density at radius 3 is 2.75 bits per heavy atom. The van der Waals surface area contributed by atoms with E-state index in [0.717, 1.165) is 12.8 Å². The Hall–Kier alpha value is -0.157. The van der Waals surface area contributed by atoms with Crippen molar-refractivity contribution in [3.05, 3.63) is 47.1 Å². The van der Waals surface area contributed by atoms with Crippen molar-refractivity contribution >= 4 is 0 Å². The summed E-state index contributed by atoms with van der Waals surface area (Å²) in [5.41, 5.74) is 4.16. The van der Waals surface area contributed by atoms with Crippen molar-refractivity contribution in [2.45, 2.75) is 19.8 Å². The van der Waals surface area contributed by atoms with Gasteiger partial charge in [0.05, 0.1) is 0 Å². The zero-order valence-electron chi connectivity index (χ0n) is 7.22. The van der Waals surface area contributed by atoms with Gasteiger partial charge in [-0.25, -0.2) is 0 Å². The fraction of sp³-hybridized carbons (Fsp3) is 0.273. The SMILES string of the molecule is CC1=CC[C-]=C1C1=CC=CC1.[Zr]. The van der Waals surface area contributed by atoms with Crippen LogP contribution in [0.25, 0.3) is 0 Å². The fourth-order valence-electron chi connectivity index (χ4n) is 1.55. The molecule has 0 saturated carbocycles. The predicted molar refractivity (Wildman–Crippen MR) is 47.0 cm³/mol. The van der Waals surface area contributed by atoms with Gasteiger partial charge in [-0.05, 0) is 0 Å². The predicted octanol–water partition coefficient (Wildman–Crippen LogP) is 2.95. The van der Waals surface area contributed by atoms with Crippen LogP contribution in [0.2, 0.25) is 0 Å². The summed E-state index contributed by atoms with van der Waals surface area (Å²) >= 11 is 0. The molecular weight excluding hydrogens is 223 g/mol. The molecule has 0 saturated heterocycles. The summed E-state index contributed by atoms with van der Waals surface area (Å²) in [4.78, 5) is 0. The Kier molecular flexibility index (Phi) is 3.46. The topological polar surface area (TPSA) is 0 Å². The molecule has 0 aliphatic heterocycles. The van der Waals surface area contributed by atoms with Gasteiger partial charge < -0.3 is 0 Å². The Labute approximate surface area is 92.9 Å². The van der Waals surface area contributed by atoms with Gasteiger partial charge in [-0.15, -0.1) is 17.7 Å². The first-order valence-corrected chi connectivity index (χ1v) is 4.02. The summed E-state index contributed by atoms with van der Waals surface area (Å²) in [6.45, 7) is 2.16. The van der Waals surface area contributed by atoms with E-state index < -0.39 is 0 Å². The van der Waals surface area contributed by atoms with Crippen LogP contribution in [0.1, 0.15) is 19.8 Å². The van der Waals surface area contributed by atoms with E-state index in [-0.39, 0.29) is 26.2 Å². The normalized spacial score (nSPS) is 19.9. The number of allylic oxidation sites excluding steroid dienone is 8. The van der Waals surface area contributed by atoms with Gasteiger partial charge in [-0.1, -0.05) is 31.9 Å². The number of rotatable bonds is 1. The summed E-state index contributed by atoms with van der Waals surface area (Å²) in [6, 6.07) is 0. The molecule has 0 amide bonds. The van der Waals surface area contributed by atoms with Gasteiger partial charge in [0.2, 0.25) is 0 Å². The van der Waals surface area contributed by atoms with Gasteiger partial charge in [-0.2, -0.15) is 17.2 Å². The maximum Gasteiger partial charge on any atom is 0 e. The van der Waals surface area contributed by atoms with Crippen molar-refractivity contribution in [1.82, 2.24) is 0 Å². The molecule has 0 N–H and O–H groups in total. The van der Waals surface area contributed by atoms with Crippen LogP contribution in [-0.4, -0.2) is 0 Å². The molecule has 0 aromatic rings. The Bertz CT molecular complexity index is 290. The molecule has 0 spiro atoms. The maximum absolute atomic E-state index is 3.36.